The second-order valence-corrected chi connectivity index (χ2v) is 4.53. The second-order valence-electron chi connectivity index (χ2n) is 4.53. The second kappa shape index (κ2) is 7.71. The molecule has 2 aliphatic rings. The fourth-order valence-corrected chi connectivity index (χ4v) is 2.02. The van der Waals surface area contributed by atoms with Crippen LogP contribution >= 0.6 is 0 Å². The van der Waals surface area contributed by atoms with E-state index in [0.717, 1.165) is 50.4 Å². The number of hydrogen-bond donors (Lipinski definition) is 3. The predicted molar refractivity (Wildman–Crippen MR) is 77.2 cm³/mol. The van der Waals surface area contributed by atoms with Gasteiger partial charge in [-0.15, -0.1) is 0 Å². The first kappa shape index (κ1) is 13.8. The van der Waals surface area contributed by atoms with E-state index in [1.54, 1.807) is 0 Å². The third-order valence-electron chi connectivity index (χ3n) is 3.05. The summed E-state index contributed by atoms with van der Waals surface area (Å²) in [6.07, 6.45) is 2.91. The van der Waals surface area contributed by atoms with Crippen molar-refractivity contribution in [2.24, 2.45) is 0 Å². The maximum atomic E-state index is 11.7. The van der Waals surface area contributed by atoms with E-state index in [0.29, 0.717) is 0 Å². The van der Waals surface area contributed by atoms with Gasteiger partial charge in [0.2, 0.25) is 5.78 Å². The highest BCUT2D eigenvalue weighted by Crippen LogP contribution is 2.09. The van der Waals surface area contributed by atoms with Gasteiger partial charge in [-0.1, -0.05) is 36.4 Å². The molecule has 4 heteroatoms. The van der Waals surface area contributed by atoms with Gasteiger partial charge in [-0.05, 0) is 6.42 Å². The maximum Gasteiger partial charge on any atom is 0.208 e. The molecule has 0 bridgehead atoms. The number of rotatable bonds is 2. The van der Waals surface area contributed by atoms with Crippen molar-refractivity contribution in [3.8, 4) is 0 Å². The highest BCUT2D eigenvalue weighted by molar-refractivity contribution is 6.08. The van der Waals surface area contributed by atoms with Crippen molar-refractivity contribution in [2.45, 2.75) is 6.42 Å². The van der Waals surface area contributed by atoms with Crippen molar-refractivity contribution in [1.29, 1.82) is 0 Å². The summed E-state index contributed by atoms with van der Waals surface area (Å²) in [6, 6.07) is 9.34. The lowest BCUT2D eigenvalue weighted by Crippen LogP contribution is -2.39. The molecule has 3 rings (SSSR count). The van der Waals surface area contributed by atoms with Gasteiger partial charge < -0.3 is 16.0 Å². The van der Waals surface area contributed by atoms with E-state index in [9.17, 15) is 4.79 Å². The number of ketones is 1. The first-order chi connectivity index (χ1) is 9.38. The highest BCUT2D eigenvalue weighted by atomic mass is 16.1. The maximum absolute atomic E-state index is 11.7. The molecule has 0 radical (unpaired) electrons. The Labute approximate surface area is 114 Å². The van der Waals surface area contributed by atoms with Crippen LogP contribution < -0.4 is 16.0 Å². The molecule has 2 heterocycles. The highest BCUT2D eigenvalue weighted by Gasteiger charge is 2.13. The first-order valence-corrected chi connectivity index (χ1v) is 6.83. The van der Waals surface area contributed by atoms with Gasteiger partial charge in [-0.3, -0.25) is 4.79 Å². The van der Waals surface area contributed by atoms with Crippen LogP contribution in [0.15, 0.2) is 42.1 Å². The van der Waals surface area contributed by atoms with Crippen LogP contribution in [-0.4, -0.2) is 38.5 Å². The number of hydrogen-bond acceptors (Lipinski definition) is 4. The Hall–Kier alpha value is -1.65. The quantitative estimate of drug-likeness (QED) is 0.692. The summed E-state index contributed by atoms with van der Waals surface area (Å²) in [4.78, 5) is 11.7. The normalized spacial score (nSPS) is 17.8. The molecule has 0 atom stereocenters. The molecule has 1 aromatic carbocycles. The minimum Gasteiger partial charge on any atom is -0.382 e. The number of benzene rings is 1. The summed E-state index contributed by atoms with van der Waals surface area (Å²) in [5.74, 6) is 0.0955. The summed E-state index contributed by atoms with van der Waals surface area (Å²) in [5.41, 5.74) is 1.49. The average Bonchev–Trinajstić information content (AvgIpc) is 3.04. The summed E-state index contributed by atoms with van der Waals surface area (Å²) >= 11 is 0. The summed E-state index contributed by atoms with van der Waals surface area (Å²) in [6.45, 7) is 5.44. The summed E-state index contributed by atoms with van der Waals surface area (Å²) < 4.78 is 0. The standard InChI is InChI=1S/C11H11NO.C4H10N2/c13-11(10-7-4-8-12-10)9-5-2-1-3-6-9;1-2-6-4-3-5-1/h1-3,5-7,12H,4,8H2;5-6H,1-4H2. The van der Waals surface area contributed by atoms with Crippen LogP contribution in [0, 0.1) is 0 Å². The van der Waals surface area contributed by atoms with Crippen LogP contribution in [0.3, 0.4) is 0 Å². The van der Waals surface area contributed by atoms with E-state index in [1.165, 1.54) is 0 Å². The largest absolute Gasteiger partial charge is 0.382 e. The van der Waals surface area contributed by atoms with Gasteiger partial charge >= 0.3 is 0 Å². The van der Waals surface area contributed by atoms with Crippen LogP contribution in [0.4, 0.5) is 0 Å². The van der Waals surface area contributed by atoms with Crippen molar-refractivity contribution in [1.82, 2.24) is 16.0 Å². The number of carbonyl (C=O) groups is 1. The zero-order valence-corrected chi connectivity index (χ0v) is 11.1. The lowest BCUT2D eigenvalue weighted by molar-refractivity contribution is 0.102. The smallest absolute Gasteiger partial charge is 0.208 e. The monoisotopic (exact) mass is 259 g/mol. The van der Waals surface area contributed by atoms with E-state index >= 15 is 0 Å². The molecule has 0 unspecified atom stereocenters. The van der Waals surface area contributed by atoms with Gasteiger partial charge in [0, 0.05) is 38.3 Å². The molecular weight excluding hydrogens is 238 g/mol. The molecule has 4 nitrogen and oxygen atoms in total. The Bertz CT molecular complexity index is 413. The topological polar surface area (TPSA) is 53.2 Å². The Kier molecular flexibility index (Phi) is 5.59. The van der Waals surface area contributed by atoms with Gasteiger partial charge in [-0.2, -0.15) is 0 Å². The zero-order chi connectivity index (χ0) is 13.3. The predicted octanol–water partition coefficient (Wildman–Crippen LogP) is 0.926. The Morgan fingerprint density at radius 3 is 2.00 bits per heavy atom. The van der Waals surface area contributed by atoms with Crippen molar-refractivity contribution >= 4 is 5.78 Å². The zero-order valence-electron chi connectivity index (χ0n) is 11.1. The molecule has 1 saturated heterocycles. The minimum absolute atomic E-state index is 0.0955. The molecular formula is C15H21N3O. The Balaban J connectivity index is 0.000000186. The number of Topliss-reactive ketones (excluding diaryl/α,β-unsaturated/α-hetero) is 1. The van der Waals surface area contributed by atoms with Gasteiger partial charge in [0.1, 0.15) is 0 Å². The van der Waals surface area contributed by atoms with E-state index in [2.05, 4.69) is 16.0 Å². The van der Waals surface area contributed by atoms with Crippen molar-refractivity contribution in [3.63, 3.8) is 0 Å². The van der Waals surface area contributed by atoms with Crippen LogP contribution in [0.2, 0.25) is 0 Å². The lowest BCUT2D eigenvalue weighted by Gasteiger charge is -2.11. The van der Waals surface area contributed by atoms with Crippen LogP contribution in [0.5, 0.6) is 0 Å². The molecule has 3 N–H and O–H groups in total. The minimum atomic E-state index is 0.0955. The summed E-state index contributed by atoms with van der Waals surface area (Å²) in [7, 11) is 0. The van der Waals surface area contributed by atoms with E-state index in [4.69, 9.17) is 0 Å². The molecule has 102 valence electrons. The molecule has 1 fully saturated rings. The molecule has 0 aromatic heterocycles. The number of nitrogens with one attached hydrogen (secondary N) is 3. The lowest BCUT2D eigenvalue weighted by atomic mass is 10.1. The fraction of sp³-hybridized carbons (Fsp3) is 0.400. The van der Waals surface area contributed by atoms with Gasteiger partial charge in [-0.25, -0.2) is 0 Å². The van der Waals surface area contributed by atoms with Crippen molar-refractivity contribution < 1.29 is 4.79 Å². The van der Waals surface area contributed by atoms with Crippen molar-refractivity contribution in [2.75, 3.05) is 32.7 Å². The van der Waals surface area contributed by atoms with Crippen LogP contribution in [0.1, 0.15) is 16.8 Å². The summed E-state index contributed by atoms with van der Waals surface area (Å²) in [5, 5.41) is 9.51. The molecule has 0 saturated carbocycles. The van der Waals surface area contributed by atoms with Crippen LogP contribution in [-0.2, 0) is 0 Å². The van der Waals surface area contributed by atoms with E-state index in [-0.39, 0.29) is 5.78 Å². The molecule has 0 spiro atoms. The number of piperazine rings is 1. The van der Waals surface area contributed by atoms with E-state index < -0.39 is 0 Å². The Morgan fingerprint density at radius 2 is 1.53 bits per heavy atom. The number of carbonyl (C=O) groups excluding carboxylic acids is 1. The van der Waals surface area contributed by atoms with Crippen LogP contribution in [0.25, 0.3) is 0 Å². The molecule has 2 aliphatic heterocycles. The van der Waals surface area contributed by atoms with E-state index in [1.807, 2.05) is 36.4 Å². The Morgan fingerprint density at radius 1 is 0.895 bits per heavy atom. The van der Waals surface area contributed by atoms with Gasteiger partial charge in [0.05, 0.1) is 5.70 Å². The third kappa shape index (κ3) is 4.50. The fourth-order valence-electron chi connectivity index (χ4n) is 2.02. The molecule has 1 aromatic rings. The van der Waals surface area contributed by atoms with Crippen molar-refractivity contribution in [3.05, 3.63) is 47.7 Å². The molecule has 0 aliphatic carbocycles. The molecule has 19 heavy (non-hydrogen) atoms. The number of allylic oxidation sites excluding steroid dienone is 1. The first-order valence-electron chi connectivity index (χ1n) is 6.83. The average molecular weight is 259 g/mol. The van der Waals surface area contributed by atoms with Gasteiger partial charge in [0.25, 0.3) is 0 Å². The SMILES string of the molecule is C1CNCCN1.O=C(C1=CCCN1)c1ccccc1. The molecule has 0 amide bonds. The third-order valence-corrected chi connectivity index (χ3v) is 3.05. The van der Waals surface area contributed by atoms with Gasteiger partial charge in [0.15, 0.2) is 0 Å².